The minimum atomic E-state index is 0.661. The Bertz CT molecular complexity index is 432. The summed E-state index contributed by atoms with van der Waals surface area (Å²) in [4.78, 5) is 4.62. The molecular weight excluding hydrogens is 290 g/mol. The molecule has 1 rings (SSSR count). The lowest BCUT2D eigenvalue weighted by Gasteiger charge is -2.11. The van der Waals surface area contributed by atoms with E-state index in [1.165, 1.54) is 11.1 Å². The van der Waals surface area contributed by atoms with Crippen LogP contribution >= 0.6 is 0 Å². The van der Waals surface area contributed by atoms with Crippen molar-refractivity contribution in [3.63, 3.8) is 0 Å². The second-order valence-corrected chi connectivity index (χ2v) is 5.42. The molecule has 0 heterocycles. The van der Waals surface area contributed by atoms with Gasteiger partial charge in [0, 0.05) is 26.8 Å². The van der Waals surface area contributed by atoms with Crippen molar-refractivity contribution >= 4 is 5.96 Å². The fourth-order valence-electron chi connectivity index (χ4n) is 1.99. The number of benzene rings is 1. The van der Waals surface area contributed by atoms with Gasteiger partial charge in [-0.25, -0.2) is 4.99 Å². The van der Waals surface area contributed by atoms with Gasteiger partial charge in [0.05, 0.1) is 19.8 Å². The van der Waals surface area contributed by atoms with E-state index in [1.54, 1.807) is 7.11 Å². The SMILES string of the molecule is CCNC(=NCc1ccc(C)cc1)NCCCCOCCOC. The van der Waals surface area contributed by atoms with Gasteiger partial charge in [0.15, 0.2) is 5.96 Å². The third kappa shape index (κ3) is 9.92. The fourth-order valence-corrected chi connectivity index (χ4v) is 1.99. The summed E-state index contributed by atoms with van der Waals surface area (Å²) in [7, 11) is 1.69. The lowest BCUT2D eigenvalue weighted by molar-refractivity contribution is 0.0689. The molecule has 0 aliphatic rings. The summed E-state index contributed by atoms with van der Waals surface area (Å²) in [6.45, 7) is 8.73. The molecule has 1 aromatic carbocycles. The van der Waals surface area contributed by atoms with E-state index in [2.05, 4.69) is 53.7 Å². The zero-order valence-corrected chi connectivity index (χ0v) is 14.7. The van der Waals surface area contributed by atoms with Crippen molar-refractivity contribution in [3.8, 4) is 0 Å². The van der Waals surface area contributed by atoms with Crippen molar-refractivity contribution < 1.29 is 9.47 Å². The Labute approximate surface area is 140 Å². The Morgan fingerprint density at radius 1 is 1.04 bits per heavy atom. The van der Waals surface area contributed by atoms with Crippen LogP contribution in [0.3, 0.4) is 0 Å². The second-order valence-electron chi connectivity index (χ2n) is 5.42. The van der Waals surface area contributed by atoms with E-state index in [-0.39, 0.29) is 0 Å². The molecule has 0 atom stereocenters. The molecular formula is C18H31N3O2. The van der Waals surface area contributed by atoms with Crippen LogP contribution in [0.25, 0.3) is 0 Å². The molecule has 0 fully saturated rings. The predicted octanol–water partition coefficient (Wildman–Crippen LogP) is 2.49. The molecule has 1 aromatic rings. The van der Waals surface area contributed by atoms with Gasteiger partial charge in [-0.1, -0.05) is 29.8 Å². The van der Waals surface area contributed by atoms with Crippen molar-refractivity contribution in [1.82, 2.24) is 10.6 Å². The summed E-state index contributed by atoms with van der Waals surface area (Å²) in [5.41, 5.74) is 2.50. The number of methoxy groups -OCH3 is 1. The number of aliphatic imine (C=N–C) groups is 1. The number of hydrogen-bond donors (Lipinski definition) is 2. The highest BCUT2D eigenvalue weighted by Gasteiger charge is 1.98. The Balaban J connectivity index is 2.23. The van der Waals surface area contributed by atoms with Gasteiger partial charge in [-0.05, 0) is 32.3 Å². The fraction of sp³-hybridized carbons (Fsp3) is 0.611. The lowest BCUT2D eigenvalue weighted by Crippen LogP contribution is -2.37. The summed E-state index contributed by atoms with van der Waals surface area (Å²) in [6, 6.07) is 8.49. The monoisotopic (exact) mass is 321 g/mol. The Hall–Kier alpha value is -1.59. The summed E-state index contributed by atoms with van der Waals surface area (Å²) >= 11 is 0. The van der Waals surface area contributed by atoms with Crippen LogP contribution in [-0.4, -0.2) is 46.0 Å². The first kappa shape index (κ1) is 19.5. The summed E-state index contributed by atoms with van der Waals surface area (Å²) in [5.74, 6) is 0.869. The topological polar surface area (TPSA) is 54.9 Å². The Kier molecular flexibility index (Phi) is 10.9. The quantitative estimate of drug-likeness (QED) is 0.373. The molecule has 0 bridgehead atoms. The molecule has 0 spiro atoms. The molecule has 0 amide bonds. The van der Waals surface area contributed by atoms with Crippen LogP contribution in [0.4, 0.5) is 0 Å². The summed E-state index contributed by atoms with van der Waals surface area (Å²) in [6.07, 6.45) is 2.09. The van der Waals surface area contributed by atoms with Gasteiger partial charge in [0.2, 0.25) is 0 Å². The zero-order chi connectivity index (χ0) is 16.8. The van der Waals surface area contributed by atoms with Crippen LogP contribution in [0, 0.1) is 6.92 Å². The van der Waals surface area contributed by atoms with Gasteiger partial charge in [-0.2, -0.15) is 0 Å². The third-order valence-electron chi connectivity index (χ3n) is 3.32. The van der Waals surface area contributed by atoms with Crippen LogP contribution in [0.5, 0.6) is 0 Å². The standard InChI is InChI=1S/C18H31N3O2/c1-4-19-18(20-11-5-6-12-23-14-13-22-3)21-15-17-9-7-16(2)8-10-17/h7-10H,4-6,11-15H2,1-3H3,(H2,19,20,21). The molecule has 0 saturated heterocycles. The van der Waals surface area contributed by atoms with Gasteiger partial charge in [0.25, 0.3) is 0 Å². The maximum atomic E-state index is 5.44. The minimum absolute atomic E-state index is 0.661. The van der Waals surface area contributed by atoms with E-state index in [9.17, 15) is 0 Å². The lowest BCUT2D eigenvalue weighted by atomic mass is 10.1. The molecule has 5 heteroatoms. The maximum absolute atomic E-state index is 5.44. The smallest absolute Gasteiger partial charge is 0.191 e. The number of guanidine groups is 1. The highest BCUT2D eigenvalue weighted by Crippen LogP contribution is 2.04. The average molecular weight is 321 g/mol. The molecule has 0 saturated carbocycles. The highest BCUT2D eigenvalue weighted by atomic mass is 16.5. The van der Waals surface area contributed by atoms with E-state index in [0.29, 0.717) is 19.8 Å². The molecule has 23 heavy (non-hydrogen) atoms. The van der Waals surface area contributed by atoms with Crippen LogP contribution in [0.2, 0.25) is 0 Å². The Morgan fingerprint density at radius 3 is 2.52 bits per heavy atom. The van der Waals surface area contributed by atoms with Gasteiger partial charge in [-0.3, -0.25) is 0 Å². The van der Waals surface area contributed by atoms with Gasteiger partial charge in [-0.15, -0.1) is 0 Å². The largest absolute Gasteiger partial charge is 0.382 e. The molecule has 5 nitrogen and oxygen atoms in total. The first-order valence-corrected chi connectivity index (χ1v) is 8.40. The number of nitrogens with one attached hydrogen (secondary N) is 2. The highest BCUT2D eigenvalue weighted by molar-refractivity contribution is 5.79. The first-order valence-electron chi connectivity index (χ1n) is 8.40. The molecule has 0 radical (unpaired) electrons. The minimum Gasteiger partial charge on any atom is -0.382 e. The zero-order valence-electron chi connectivity index (χ0n) is 14.7. The van der Waals surface area contributed by atoms with E-state index in [1.807, 2.05) is 0 Å². The van der Waals surface area contributed by atoms with Crippen LogP contribution < -0.4 is 10.6 Å². The third-order valence-corrected chi connectivity index (χ3v) is 3.32. The van der Waals surface area contributed by atoms with Gasteiger partial charge >= 0.3 is 0 Å². The molecule has 0 aliphatic heterocycles. The molecule has 0 unspecified atom stereocenters. The summed E-state index contributed by atoms with van der Waals surface area (Å²) in [5, 5.41) is 6.64. The number of aryl methyl sites for hydroxylation is 1. The van der Waals surface area contributed by atoms with Crippen molar-refractivity contribution in [2.75, 3.05) is 40.0 Å². The van der Waals surface area contributed by atoms with Gasteiger partial charge < -0.3 is 20.1 Å². The van der Waals surface area contributed by atoms with Crippen LogP contribution in [0.15, 0.2) is 29.3 Å². The van der Waals surface area contributed by atoms with E-state index >= 15 is 0 Å². The van der Waals surface area contributed by atoms with Crippen LogP contribution in [0.1, 0.15) is 30.9 Å². The summed E-state index contributed by atoms with van der Waals surface area (Å²) < 4.78 is 10.4. The number of nitrogens with zero attached hydrogens (tertiary/aromatic N) is 1. The number of rotatable bonds is 11. The van der Waals surface area contributed by atoms with Crippen molar-refractivity contribution in [2.45, 2.75) is 33.2 Å². The van der Waals surface area contributed by atoms with E-state index in [4.69, 9.17) is 9.47 Å². The predicted molar refractivity (Wildman–Crippen MR) is 95.9 cm³/mol. The molecule has 130 valence electrons. The van der Waals surface area contributed by atoms with Crippen molar-refractivity contribution in [2.24, 2.45) is 4.99 Å². The molecule has 0 aromatic heterocycles. The van der Waals surface area contributed by atoms with Gasteiger partial charge in [0.1, 0.15) is 0 Å². The van der Waals surface area contributed by atoms with E-state index < -0.39 is 0 Å². The maximum Gasteiger partial charge on any atom is 0.191 e. The molecule has 0 aliphatic carbocycles. The number of hydrogen-bond acceptors (Lipinski definition) is 3. The van der Waals surface area contributed by atoms with Crippen molar-refractivity contribution in [1.29, 1.82) is 0 Å². The Morgan fingerprint density at radius 2 is 1.83 bits per heavy atom. The average Bonchev–Trinajstić information content (AvgIpc) is 2.56. The van der Waals surface area contributed by atoms with Crippen LogP contribution in [-0.2, 0) is 16.0 Å². The van der Waals surface area contributed by atoms with E-state index in [0.717, 1.165) is 38.5 Å². The first-order chi connectivity index (χ1) is 11.3. The second kappa shape index (κ2) is 12.9. The number of unbranched alkanes of at least 4 members (excludes halogenated alkanes) is 1. The molecule has 2 N–H and O–H groups in total. The number of ether oxygens (including phenoxy) is 2. The van der Waals surface area contributed by atoms with Crippen molar-refractivity contribution in [3.05, 3.63) is 35.4 Å². The normalized spacial score (nSPS) is 11.5.